The number of hydrogen-bond acceptors (Lipinski definition) is 3. The van der Waals surface area contributed by atoms with Gasteiger partial charge in [0.05, 0.1) is 24.9 Å². The van der Waals surface area contributed by atoms with E-state index in [4.69, 9.17) is 0 Å². The monoisotopic (exact) mass is 398 g/mol. The zero-order chi connectivity index (χ0) is 20.2. The maximum atomic E-state index is 12.5. The first kappa shape index (κ1) is 20.1. The molecule has 0 spiro atoms. The fourth-order valence-electron chi connectivity index (χ4n) is 5.07. The predicted molar refractivity (Wildman–Crippen MR) is 109 cm³/mol. The summed E-state index contributed by atoms with van der Waals surface area (Å²) in [6.07, 6.45) is 6.50. The van der Waals surface area contributed by atoms with E-state index in [2.05, 4.69) is 29.6 Å². The molecule has 2 heterocycles. The van der Waals surface area contributed by atoms with E-state index in [1.165, 1.54) is 36.4 Å². The van der Waals surface area contributed by atoms with Crippen molar-refractivity contribution in [1.29, 1.82) is 0 Å². The zero-order valence-corrected chi connectivity index (χ0v) is 17.1. The number of quaternary nitrogens is 1. The molecule has 0 bridgehead atoms. The van der Waals surface area contributed by atoms with Crippen molar-refractivity contribution in [3.63, 3.8) is 0 Å². The second kappa shape index (κ2) is 9.08. The van der Waals surface area contributed by atoms with Gasteiger partial charge in [-0.25, -0.2) is 0 Å². The van der Waals surface area contributed by atoms with Crippen molar-refractivity contribution in [3.8, 4) is 0 Å². The number of likely N-dealkylation sites (tertiary alicyclic amines) is 2. The molecule has 6 heteroatoms. The van der Waals surface area contributed by atoms with Crippen LogP contribution in [0.3, 0.4) is 0 Å². The molecule has 2 aliphatic heterocycles. The second-order valence-corrected chi connectivity index (χ2v) is 8.80. The zero-order valence-electron chi connectivity index (χ0n) is 17.1. The number of fused-ring (bicyclic) bond motifs is 1. The summed E-state index contributed by atoms with van der Waals surface area (Å²) in [5.74, 6) is -0.530. The van der Waals surface area contributed by atoms with Crippen LogP contribution in [0.25, 0.3) is 0 Å². The Balaban J connectivity index is 1.21. The summed E-state index contributed by atoms with van der Waals surface area (Å²) < 4.78 is 0. The molecule has 1 saturated carbocycles. The molecule has 3 amide bonds. The summed E-state index contributed by atoms with van der Waals surface area (Å²) in [4.78, 5) is 40.2. The lowest BCUT2D eigenvalue weighted by atomic mass is 9.81. The van der Waals surface area contributed by atoms with Crippen LogP contribution < -0.4 is 10.2 Å². The lowest BCUT2D eigenvalue weighted by Gasteiger charge is -2.19. The highest BCUT2D eigenvalue weighted by Gasteiger charge is 2.47. The maximum Gasteiger partial charge on any atom is 0.233 e. The number of benzene rings is 1. The van der Waals surface area contributed by atoms with Crippen molar-refractivity contribution in [2.45, 2.75) is 58.0 Å². The third-order valence-corrected chi connectivity index (χ3v) is 6.77. The molecule has 3 fully saturated rings. The van der Waals surface area contributed by atoms with Gasteiger partial charge >= 0.3 is 0 Å². The van der Waals surface area contributed by atoms with E-state index in [1.54, 1.807) is 4.90 Å². The molecule has 1 aliphatic carbocycles. The highest BCUT2D eigenvalue weighted by molar-refractivity contribution is 6.05. The van der Waals surface area contributed by atoms with E-state index in [0.29, 0.717) is 6.54 Å². The van der Waals surface area contributed by atoms with E-state index in [0.717, 1.165) is 37.8 Å². The Morgan fingerprint density at radius 1 is 0.931 bits per heavy atom. The van der Waals surface area contributed by atoms with Crippen molar-refractivity contribution >= 4 is 17.7 Å². The number of nitrogens with one attached hydrogen (secondary N) is 2. The third kappa shape index (κ3) is 4.69. The fraction of sp³-hybridized carbons (Fsp3) is 0.609. The van der Waals surface area contributed by atoms with Gasteiger partial charge in [0.15, 0.2) is 0 Å². The summed E-state index contributed by atoms with van der Waals surface area (Å²) in [7, 11) is 0. The predicted octanol–water partition coefficient (Wildman–Crippen LogP) is 1.05. The molecule has 4 rings (SSSR count). The van der Waals surface area contributed by atoms with Gasteiger partial charge < -0.3 is 10.2 Å². The highest BCUT2D eigenvalue weighted by atomic mass is 16.2. The van der Waals surface area contributed by atoms with Crippen LogP contribution >= 0.6 is 0 Å². The molecule has 29 heavy (non-hydrogen) atoms. The minimum atomic E-state index is -0.139. The Morgan fingerprint density at radius 2 is 1.52 bits per heavy atom. The van der Waals surface area contributed by atoms with Gasteiger partial charge in [0, 0.05) is 37.9 Å². The van der Waals surface area contributed by atoms with Crippen LogP contribution in [0.4, 0.5) is 0 Å². The summed E-state index contributed by atoms with van der Waals surface area (Å²) in [6.45, 7) is 4.28. The van der Waals surface area contributed by atoms with E-state index in [9.17, 15) is 14.4 Å². The number of rotatable bonds is 7. The van der Waals surface area contributed by atoms with Gasteiger partial charge in [-0.3, -0.25) is 19.3 Å². The second-order valence-electron chi connectivity index (χ2n) is 8.80. The van der Waals surface area contributed by atoms with Crippen LogP contribution in [0.1, 0.15) is 56.1 Å². The van der Waals surface area contributed by atoms with Crippen LogP contribution in [-0.2, 0) is 27.5 Å². The molecule has 2 saturated heterocycles. The Labute approximate surface area is 172 Å². The molecule has 2 atom stereocenters. The van der Waals surface area contributed by atoms with Gasteiger partial charge in [-0.05, 0) is 18.4 Å². The molecule has 0 aromatic heterocycles. The molecule has 0 unspecified atom stereocenters. The Kier molecular flexibility index (Phi) is 6.28. The summed E-state index contributed by atoms with van der Waals surface area (Å²) in [5, 5.41) is 2.91. The number of carbonyl (C=O) groups excluding carboxylic acids is 3. The minimum absolute atomic E-state index is 0.0665. The lowest BCUT2D eigenvalue weighted by Crippen LogP contribution is -3.08. The normalized spacial score (nSPS) is 24.8. The summed E-state index contributed by atoms with van der Waals surface area (Å²) >= 11 is 0. The molecular formula is C23H32N3O3+. The van der Waals surface area contributed by atoms with Gasteiger partial charge in [0.2, 0.25) is 17.7 Å². The van der Waals surface area contributed by atoms with Crippen molar-refractivity contribution in [2.24, 2.45) is 11.8 Å². The van der Waals surface area contributed by atoms with E-state index in [-0.39, 0.29) is 42.5 Å². The van der Waals surface area contributed by atoms with Gasteiger partial charge in [-0.2, -0.15) is 0 Å². The first-order valence-electron chi connectivity index (χ1n) is 11.1. The molecule has 1 aromatic carbocycles. The average Bonchev–Trinajstić information content (AvgIpc) is 3.33. The number of carbonyl (C=O) groups is 3. The lowest BCUT2D eigenvalue weighted by molar-refractivity contribution is -0.901. The van der Waals surface area contributed by atoms with Crippen molar-refractivity contribution in [2.75, 3.05) is 19.6 Å². The standard InChI is InChI=1S/C23H31N3O3/c27-21(11-14-26-22(28)19-5-1-2-6-20(19)23(26)29)24-15-17-7-9-18(10-8-17)16-25-12-3-4-13-25/h7-10,19-20H,1-6,11-16H2,(H,24,27)/p+1/t19-,20-/m1/s1. The molecular weight excluding hydrogens is 366 g/mol. The molecule has 156 valence electrons. The summed E-state index contributed by atoms with van der Waals surface area (Å²) in [6, 6.07) is 8.44. The molecule has 1 aromatic rings. The Bertz CT molecular complexity index is 731. The van der Waals surface area contributed by atoms with Crippen LogP contribution in [0.5, 0.6) is 0 Å². The SMILES string of the molecule is O=C(CCN1C(=O)[C@@H]2CCCC[C@H]2C1=O)NCc1ccc(C[NH+]2CCCC2)cc1. The van der Waals surface area contributed by atoms with Gasteiger partial charge in [0.1, 0.15) is 6.54 Å². The molecule has 0 radical (unpaired) electrons. The van der Waals surface area contributed by atoms with E-state index < -0.39 is 0 Å². The van der Waals surface area contributed by atoms with Crippen molar-refractivity contribution < 1.29 is 19.3 Å². The van der Waals surface area contributed by atoms with Gasteiger partial charge in [-0.1, -0.05) is 37.1 Å². The average molecular weight is 399 g/mol. The smallest absolute Gasteiger partial charge is 0.233 e. The third-order valence-electron chi connectivity index (χ3n) is 6.77. The molecule has 3 aliphatic rings. The van der Waals surface area contributed by atoms with Crippen LogP contribution in [0.2, 0.25) is 0 Å². The molecule has 2 N–H and O–H groups in total. The fourth-order valence-corrected chi connectivity index (χ4v) is 5.07. The topological polar surface area (TPSA) is 70.9 Å². The van der Waals surface area contributed by atoms with Crippen molar-refractivity contribution in [3.05, 3.63) is 35.4 Å². The summed E-state index contributed by atoms with van der Waals surface area (Å²) in [5.41, 5.74) is 2.40. The number of amides is 3. The highest BCUT2D eigenvalue weighted by Crippen LogP contribution is 2.37. The van der Waals surface area contributed by atoms with Crippen LogP contribution in [0, 0.1) is 11.8 Å². The number of imide groups is 1. The quantitative estimate of drug-likeness (QED) is 0.675. The van der Waals surface area contributed by atoms with Gasteiger partial charge in [0.25, 0.3) is 0 Å². The number of hydrogen-bond donors (Lipinski definition) is 2. The van der Waals surface area contributed by atoms with Gasteiger partial charge in [-0.15, -0.1) is 0 Å². The first-order chi connectivity index (χ1) is 14.1. The Hall–Kier alpha value is -2.21. The number of nitrogens with zero attached hydrogens (tertiary/aromatic N) is 1. The maximum absolute atomic E-state index is 12.5. The largest absolute Gasteiger partial charge is 0.352 e. The minimum Gasteiger partial charge on any atom is -0.352 e. The van der Waals surface area contributed by atoms with E-state index in [1.807, 2.05) is 0 Å². The van der Waals surface area contributed by atoms with Crippen LogP contribution in [0.15, 0.2) is 24.3 Å². The van der Waals surface area contributed by atoms with E-state index >= 15 is 0 Å². The Morgan fingerprint density at radius 3 is 2.14 bits per heavy atom. The van der Waals surface area contributed by atoms with Crippen molar-refractivity contribution in [1.82, 2.24) is 10.2 Å². The van der Waals surface area contributed by atoms with Crippen LogP contribution in [-0.4, -0.2) is 42.3 Å². The first-order valence-corrected chi connectivity index (χ1v) is 11.1. The molecule has 6 nitrogen and oxygen atoms in total.